The van der Waals surface area contributed by atoms with Crippen molar-refractivity contribution < 1.29 is 22.6 Å². The molecule has 0 aliphatic heterocycles. The fraction of sp³-hybridized carbons (Fsp3) is 0.286. The van der Waals surface area contributed by atoms with Crippen molar-refractivity contribution in [3.05, 3.63) is 35.5 Å². The zero-order valence-electron chi connectivity index (χ0n) is 12.2. The van der Waals surface area contributed by atoms with E-state index in [1.807, 2.05) is 13.8 Å². The van der Waals surface area contributed by atoms with E-state index >= 15 is 0 Å². The largest absolute Gasteiger partial charge is 0.573 e. The predicted octanol–water partition coefficient (Wildman–Crippen LogP) is 4.56. The SMILES string of the molecule is CC(C)Oc1cc(Cl)nc(Nc2ccc(OC(F)(F)F)cc2)n1. The Hall–Kier alpha value is -2.22. The molecule has 23 heavy (non-hydrogen) atoms. The van der Waals surface area contributed by atoms with E-state index in [2.05, 4.69) is 20.0 Å². The van der Waals surface area contributed by atoms with Crippen LogP contribution in [0, 0.1) is 0 Å². The summed E-state index contributed by atoms with van der Waals surface area (Å²) in [7, 11) is 0. The molecule has 1 aromatic heterocycles. The third kappa shape index (κ3) is 5.82. The summed E-state index contributed by atoms with van der Waals surface area (Å²) in [4.78, 5) is 8.08. The molecule has 5 nitrogen and oxygen atoms in total. The Labute approximate surface area is 135 Å². The van der Waals surface area contributed by atoms with E-state index in [0.29, 0.717) is 11.6 Å². The number of hydrogen-bond donors (Lipinski definition) is 1. The molecule has 0 aliphatic rings. The van der Waals surface area contributed by atoms with Gasteiger partial charge in [0.2, 0.25) is 11.8 Å². The van der Waals surface area contributed by atoms with Gasteiger partial charge in [-0.25, -0.2) is 4.98 Å². The lowest BCUT2D eigenvalue weighted by molar-refractivity contribution is -0.274. The van der Waals surface area contributed by atoms with Crippen molar-refractivity contribution in [1.29, 1.82) is 0 Å². The highest BCUT2D eigenvalue weighted by Gasteiger charge is 2.30. The van der Waals surface area contributed by atoms with Gasteiger partial charge in [-0.05, 0) is 38.1 Å². The monoisotopic (exact) mass is 347 g/mol. The first-order valence-corrected chi connectivity index (χ1v) is 6.93. The molecule has 0 bridgehead atoms. The van der Waals surface area contributed by atoms with Crippen LogP contribution in [0.4, 0.5) is 24.8 Å². The topological polar surface area (TPSA) is 56.3 Å². The molecular formula is C14H13ClF3N3O2. The van der Waals surface area contributed by atoms with E-state index in [9.17, 15) is 13.2 Å². The number of anilines is 2. The molecule has 0 atom stereocenters. The van der Waals surface area contributed by atoms with Crippen molar-refractivity contribution in [1.82, 2.24) is 9.97 Å². The zero-order valence-corrected chi connectivity index (χ0v) is 12.9. The predicted molar refractivity (Wildman–Crippen MR) is 79.2 cm³/mol. The Balaban J connectivity index is 2.11. The van der Waals surface area contributed by atoms with Gasteiger partial charge in [0, 0.05) is 11.8 Å². The lowest BCUT2D eigenvalue weighted by Crippen LogP contribution is -2.17. The molecule has 1 N–H and O–H groups in total. The molecule has 0 amide bonds. The maximum atomic E-state index is 12.1. The van der Waals surface area contributed by atoms with Gasteiger partial charge in [0.1, 0.15) is 10.9 Å². The smallest absolute Gasteiger partial charge is 0.475 e. The molecule has 0 fully saturated rings. The third-order valence-corrected chi connectivity index (χ3v) is 2.57. The van der Waals surface area contributed by atoms with Gasteiger partial charge in [0.15, 0.2) is 0 Å². The van der Waals surface area contributed by atoms with Gasteiger partial charge in [-0.15, -0.1) is 13.2 Å². The molecule has 1 aromatic carbocycles. The summed E-state index contributed by atoms with van der Waals surface area (Å²) in [6.07, 6.45) is -4.82. The Kier molecular flexibility index (Phi) is 5.15. The average Bonchev–Trinajstić information content (AvgIpc) is 2.38. The highest BCUT2D eigenvalue weighted by molar-refractivity contribution is 6.29. The summed E-state index contributed by atoms with van der Waals surface area (Å²) in [6, 6.07) is 6.60. The normalized spacial score (nSPS) is 11.4. The molecule has 0 saturated heterocycles. The molecule has 0 radical (unpaired) electrons. The number of nitrogens with one attached hydrogen (secondary N) is 1. The van der Waals surface area contributed by atoms with Crippen LogP contribution in [-0.4, -0.2) is 22.4 Å². The standard InChI is InChI=1S/C14H13ClF3N3O2/c1-8(2)22-12-7-11(15)20-13(21-12)19-9-3-5-10(6-4-9)23-14(16,17)18/h3-8H,1-2H3,(H,19,20,21). The highest BCUT2D eigenvalue weighted by Crippen LogP contribution is 2.25. The van der Waals surface area contributed by atoms with Crippen LogP contribution in [0.15, 0.2) is 30.3 Å². The molecular weight excluding hydrogens is 335 g/mol. The summed E-state index contributed by atoms with van der Waals surface area (Å²) in [5.74, 6) is 0.135. The van der Waals surface area contributed by atoms with Gasteiger partial charge in [-0.2, -0.15) is 4.98 Å². The third-order valence-electron chi connectivity index (χ3n) is 2.37. The molecule has 0 spiro atoms. The van der Waals surface area contributed by atoms with Gasteiger partial charge in [-0.3, -0.25) is 0 Å². The maximum absolute atomic E-state index is 12.1. The summed E-state index contributed by atoms with van der Waals surface area (Å²) in [6.45, 7) is 3.67. The second kappa shape index (κ2) is 6.91. The van der Waals surface area contributed by atoms with Crippen molar-refractivity contribution in [2.24, 2.45) is 0 Å². The van der Waals surface area contributed by atoms with Crippen molar-refractivity contribution in [2.75, 3.05) is 5.32 Å². The van der Waals surface area contributed by atoms with Crippen LogP contribution in [0.3, 0.4) is 0 Å². The lowest BCUT2D eigenvalue weighted by Gasteiger charge is -2.12. The van der Waals surface area contributed by atoms with Crippen LogP contribution in [0.1, 0.15) is 13.8 Å². The summed E-state index contributed by atoms with van der Waals surface area (Å²) in [5, 5.41) is 3.00. The molecule has 0 unspecified atom stereocenters. The minimum absolute atomic E-state index is 0.0902. The Morgan fingerprint density at radius 1 is 1.13 bits per heavy atom. The van der Waals surface area contributed by atoms with Gasteiger partial charge < -0.3 is 14.8 Å². The number of aromatic nitrogens is 2. The summed E-state index contributed by atoms with van der Waals surface area (Å²) < 4.78 is 45.5. The first kappa shape index (κ1) is 17.1. The zero-order chi connectivity index (χ0) is 17.0. The van der Waals surface area contributed by atoms with Crippen molar-refractivity contribution in [3.63, 3.8) is 0 Å². The minimum atomic E-state index is -4.73. The van der Waals surface area contributed by atoms with Crippen molar-refractivity contribution >= 4 is 23.2 Å². The Bertz CT molecular complexity index is 663. The second-order valence-electron chi connectivity index (χ2n) is 4.72. The molecule has 0 aliphatic carbocycles. The number of halogens is 4. The Morgan fingerprint density at radius 2 is 1.78 bits per heavy atom. The molecule has 2 rings (SSSR count). The van der Waals surface area contributed by atoms with Crippen LogP contribution in [-0.2, 0) is 0 Å². The Morgan fingerprint density at radius 3 is 2.35 bits per heavy atom. The van der Waals surface area contributed by atoms with Crippen LogP contribution in [0.25, 0.3) is 0 Å². The maximum Gasteiger partial charge on any atom is 0.573 e. The number of alkyl halides is 3. The number of rotatable bonds is 5. The summed E-state index contributed by atoms with van der Waals surface area (Å²) >= 11 is 5.88. The molecule has 9 heteroatoms. The number of ether oxygens (including phenoxy) is 2. The first-order valence-electron chi connectivity index (χ1n) is 6.55. The molecule has 124 valence electrons. The first-order chi connectivity index (χ1) is 10.7. The minimum Gasteiger partial charge on any atom is -0.475 e. The number of nitrogens with zero attached hydrogens (tertiary/aromatic N) is 2. The van der Waals surface area contributed by atoms with E-state index in [1.165, 1.54) is 30.3 Å². The number of benzene rings is 1. The van der Waals surface area contributed by atoms with Crippen molar-refractivity contribution in [2.45, 2.75) is 26.3 Å². The fourth-order valence-electron chi connectivity index (χ4n) is 1.62. The molecule has 1 heterocycles. The van der Waals surface area contributed by atoms with Gasteiger partial charge in [0.25, 0.3) is 0 Å². The van der Waals surface area contributed by atoms with E-state index < -0.39 is 6.36 Å². The van der Waals surface area contributed by atoms with E-state index in [0.717, 1.165) is 0 Å². The van der Waals surface area contributed by atoms with E-state index in [-0.39, 0.29) is 23.0 Å². The highest BCUT2D eigenvalue weighted by atomic mass is 35.5. The quantitative estimate of drug-likeness (QED) is 0.803. The van der Waals surface area contributed by atoms with E-state index in [4.69, 9.17) is 16.3 Å². The molecule has 0 saturated carbocycles. The fourth-order valence-corrected chi connectivity index (χ4v) is 1.80. The van der Waals surface area contributed by atoms with Crippen LogP contribution in [0.5, 0.6) is 11.6 Å². The van der Waals surface area contributed by atoms with E-state index in [1.54, 1.807) is 0 Å². The van der Waals surface area contributed by atoms with Gasteiger partial charge in [-0.1, -0.05) is 11.6 Å². The van der Waals surface area contributed by atoms with Gasteiger partial charge >= 0.3 is 6.36 Å². The van der Waals surface area contributed by atoms with Crippen molar-refractivity contribution in [3.8, 4) is 11.6 Å². The molecule has 2 aromatic rings. The number of hydrogen-bond acceptors (Lipinski definition) is 5. The average molecular weight is 348 g/mol. The van der Waals surface area contributed by atoms with Crippen LogP contribution in [0.2, 0.25) is 5.15 Å². The lowest BCUT2D eigenvalue weighted by atomic mass is 10.3. The summed E-state index contributed by atoms with van der Waals surface area (Å²) in [5.41, 5.74) is 0.470. The second-order valence-corrected chi connectivity index (χ2v) is 5.10. The van der Waals surface area contributed by atoms with Gasteiger partial charge in [0.05, 0.1) is 6.10 Å². The van der Waals surface area contributed by atoms with Crippen LogP contribution >= 0.6 is 11.6 Å². The van der Waals surface area contributed by atoms with Crippen LogP contribution < -0.4 is 14.8 Å².